The number of amidine groups is 1. The second kappa shape index (κ2) is 4.94. The van der Waals surface area contributed by atoms with Gasteiger partial charge in [0.15, 0.2) is 0 Å². The molecule has 0 fully saturated rings. The van der Waals surface area contributed by atoms with Crippen LogP contribution >= 0.6 is 0 Å². The molecule has 0 unspecified atom stereocenters. The molecule has 0 aromatic carbocycles. The first-order chi connectivity index (χ1) is 6.94. The molecule has 92 valence electrons. The van der Waals surface area contributed by atoms with Crippen LogP contribution in [0, 0.1) is 16.2 Å². The third-order valence-electron chi connectivity index (χ3n) is 2.14. The summed E-state index contributed by atoms with van der Waals surface area (Å²) in [5.74, 6) is 0.440. The SMILES string of the molecule is CC(C)=CC(=NC(=N)C(C)(C)C)C(C)(C)C. The lowest BCUT2D eigenvalue weighted by Gasteiger charge is -2.23. The van der Waals surface area contributed by atoms with Crippen LogP contribution in [0.2, 0.25) is 0 Å². The summed E-state index contributed by atoms with van der Waals surface area (Å²) < 4.78 is 0. The van der Waals surface area contributed by atoms with E-state index >= 15 is 0 Å². The molecule has 0 aliphatic rings. The van der Waals surface area contributed by atoms with Crippen LogP contribution in [0.25, 0.3) is 0 Å². The number of nitrogens with one attached hydrogen (secondary N) is 1. The molecule has 2 nitrogen and oxygen atoms in total. The van der Waals surface area contributed by atoms with Crippen molar-refractivity contribution < 1.29 is 0 Å². The topological polar surface area (TPSA) is 36.2 Å². The van der Waals surface area contributed by atoms with Crippen LogP contribution in [0.5, 0.6) is 0 Å². The Morgan fingerprint density at radius 1 is 0.938 bits per heavy atom. The van der Waals surface area contributed by atoms with Gasteiger partial charge >= 0.3 is 0 Å². The van der Waals surface area contributed by atoms with Gasteiger partial charge in [0.1, 0.15) is 5.84 Å². The molecular weight excluding hydrogens is 196 g/mol. The van der Waals surface area contributed by atoms with Gasteiger partial charge in [0.25, 0.3) is 0 Å². The molecule has 0 radical (unpaired) electrons. The molecule has 0 amide bonds. The molecule has 0 saturated carbocycles. The highest BCUT2D eigenvalue weighted by Crippen LogP contribution is 2.22. The van der Waals surface area contributed by atoms with Crippen molar-refractivity contribution in [3.8, 4) is 0 Å². The van der Waals surface area contributed by atoms with E-state index in [0.29, 0.717) is 5.84 Å². The third kappa shape index (κ3) is 5.24. The van der Waals surface area contributed by atoms with Gasteiger partial charge in [-0.1, -0.05) is 47.1 Å². The summed E-state index contributed by atoms with van der Waals surface area (Å²) in [7, 11) is 0. The van der Waals surface area contributed by atoms with Gasteiger partial charge in [-0.3, -0.25) is 5.41 Å². The predicted octanol–water partition coefficient (Wildman–Crippen LogP) is 4.46. The smallest absolute Gasteiger partial charge is 0.126 e. The molecule has 0 spiro atoms. The highest BCUT2D eigenvalue weighted by Gasteiger charge is 2.21. The summed E-state index contributed by atoms with van der Waals surface area (Å²) in [6, 6.07) is 0. The standard InChI is InChI=1S/C14H26N2/c1-10(2)9-11(13(3,4)5)16-12(15)14(6,7)8/h9,15H,1-8H3. The zero-order valence-corrected chi connectivity index (χ0v) is 12.0. The maximum absolute atomic E-state index is 7.98. The number of aliphatic imine (C=N–C) groups is 1. The minimum atomic E-state index is -0.189. The summed E-state index contributed by atoms with van der Waals surface area (Å²) >= 11 is 0. The van der Waals surface area contributed by atoms with Crippen molar-refractivity contribution in [2.75, 3.05) is 0 Å². The first-order valence-corrected chi connectivity index (χ1v) is 5.77. The van der Waals surface area contributed by atoms with E-state index in [1.54, 1.807) is 0 Å². The molecule has 0 atom stereocenters. The van der Waals surface area contributed by atoms with Crippen LogP contribution in [0.4, 0.5) is 0 Å². The Bertz CT molecular complexity index is 316. The lowest BCUT2D eigenvalue weighted by Crippen LogP contribution is -2.24. The Morgan fingerprint density at radius 2 is 1.38 bits per heavy atom. The highest BCUT2D eigenvalue weighted by molar-refractivity contribution is 6.07. The average molecular weight is 222 g/mol. The quantitative estimate of drug-likeness (QED) is 0.502. The lowest BCUT2D eigenvalue weighted by molar-refractivity contribution is 0.572. The van der Waals surface area contributed by atoms with Gasteiger partial charge in [-0.25, -0.2) is 4.99 Å². The summed E-state index contributed by atoms with van der Waals surface area (Å²) in [4.78, 5) is 4.48. The molecule has 0 heterocycles. The first kappa shape index (κ1) is 15.1. The van der Waals surface area contributed by atoms with E-state index < -0.39 is 0 Å². The minimum Gasteiger partial charge on any atom is -0.286 e. The molecule has 0 aliphatic carbocycles. The van der Waals surface area contributed by atoms with Crippen LogP contribution in [-0.2, 0) is 0 Å². The van der Waals surface area contributed by atoms with E-state index in [9.17, 15) is 0 Å². The van der Waals surface area contributed by atoms with Crippen molar-refractivity contribution in [1.29, 1.82) is 5.41 Å². The van der Waals surface area contributed by atoms with E-state index in [4.69, 9.17) is 5.41 Å². The Kier molecular flexibility index (Phi) is 4.66. The Hall–Kier alpha value is -0.920. The van der Waals surface area contributed by atoms with Crippen LogP contribution < -0.4 is 0 Å². The highest BCUT2D eigenvalue weighted by atomic mass is 14.9. The fourth-order valence-electron chi connectivity index (χ4n) is 0.978. The monoisotopic (exact) mass is 222 g/mol. The first-order valence-electron chi connectivity index (χ1n) is 5.77. The van der Waals surface area contributed by atoms with E-state index in [2.05, 4.69) is 45.7 Å². The molecule has 0 aliphatic heterocycles. The van der Waals surface area contributed by atoms with E-state index in [-0.39, 0.29) is 10.8 Å². The summed E-state index contributed by atoms with van der Waals surface area (Å²) in [5.41, 5.74) is 1.99. The molecule has 0 aromatic rings. The van der Waals surface area contributed by atoms with E-state index in [1.807, 2.05) is 20.8 Å². The third-order valence-corrected chi connectivity index (χ3v) is 2.14. The molecule has 2 heteroatoms. The Labute approximate surface area is 100 Å². The zero-order chi connectivity index (χ0) is 13.1. The molecular formula is C14H26N2. The van der Waals surface area contributed by atoms with Crippen molar-refractivity contribution in [3.05, 3.63) is 11.6 Å². The second-order valence-corrected chi connectivity index (χ2v) is 6.57. The molecule has 0 aromatic heterocycles. The van der Waals surface area contributed by atoms with Gasteiger partial charge in [0.05, 0.1) is 0 Å². The van der Waals surface area contributed by atoms with Crippen molar-refractivity contribution in [2.24, 2.45) is 15.8 Å². The maximum Gasteiger partial charge on any atom is 0.126 e. The van der Waals surface area contributed by atoms with E-state index in [0.717, 1.165) is 5.71 Å². The molecule has 1 N–H and O–H groups in total. The van der Waals surface area contributed by atoms with Gasteiger partial charge in [-0.15, -0.1) is 0 Å². The maximum atomic E-state index is 7.98. The van der Waals surface area contributed by atoms with Crippen LogP contribution in [0.15, 0.2) is 16.6 Å². The average Bonchev–Trinajstić information content (AvgIpc) is 1.98. The number of hydrogen-bond acceptors (Lipinski definition) is 1. The van der Waals surface area contributed by atoms with Crippen molar-refractivity contribution >= 4 is 11.5 Å². The van der Waals surface area contributed by atoms with Gasteiger partial charge in [0.2, 0.25) is 0 Å². The Morgan fingerprint density at radius 3 is 1.62 bits per heavy atom. The fraction of sp³-hybridized carbons (Fsp3) is 0.714. The lowest BCUT2D eigenvalue weighted by atomic mass is 9.88. The predicted molar refractivity (Wildman–Crippen MR) is 73.5 cm³/mol. The molecule has 16 heavy (non-hydrogen) atoms. The molecule has 0 saturated heterocycles. The number of allylic oxidation sites excluding steroid dienone is 2. The van der Waals surface area contributed by atoms with Gasteiger partial charge < -0.3 is 0 Å². The van der Waals surface area contributed by atoms with Crippen molar-refractivity contribution in [2.45, 2.75) is 55.4 Å². The van der Waals surface area contributed by atoms with Crippen LogP contribution in [0.1, 0.15) is 55.4 Å². The normalized spacial score (nSPS) is 13.6. The number of rotatable bonds is 1. The van der Waals surface area contributed by atoms with Crippen LogP contribution in [-0.4, -0.2) is 11.5 Å². The largest absolute Gasteiger partial charge is 0.286 e. The van der Waals surface area contributed by atoms with Crippen molar-refractivity contribution in [1.82, 2.24) is 0 Å². The van der Waals surface area contributed by atoms with Crippen molar-refractivity contribution in [3.63, 3.8) is 0 Å². The summed E-state index contributed by atoms with van der Waals surface area (Å²) in [5, 5.41) is 7.98. The molecule has 0 bridgehead atoms. The van der Waals surface area contributed by atoms with Gasteiger partial charge in [-0.05, 0) is 19.9 Å². The second-order valence-electron chi connectivity index (χ2n) is 6.57. The Balaban J connectivity index is 5.31. The minimum absolute atomic E-state index is 0.0190. The zero-order valence-electron chi connectivity index (χ0n) is 12.0. The van der Waals surface area contributed by atoms with Gasteiger partial charge in [0, 0.05) is 16.5 Å². The molecule has 0 rings (SSSR count). The summed E-state index contributed by atoms with van der Waals surface area (Å²) in [6.07, 6.45) is 2.07. The summed E-state index contributed by atoms with van der Waals surface area (Å²) in [6.45, 7) is 16.5. The number of nitrogens with zero attached hydrogens (tertiary/aromatic N) is 1. The van der Waals surface area contributed by atoms with Crippen LogP contribution in [0.3, 0.4) is 0 Å². The van der Waals surface area contributed by atoms with Gasteiger partial charge in [-0.2, -0.15) is 0 Å². The number of hydrogen-bond donors (Lipinski definition) is 1. The van der Waals surface area contributed by atoms with E-state index in [1.165, 1.54) is 5.57 Å². The fourth-order valence-corrected chi connectivity index (χ4v) is 0.978.